The van der Waals surface area contributed by atoms with Crippen LogP contribution in [-0.2, 0) is 16.0 Å². The quantitative estimate of drug-likeness (QED) is 0.456. The first-order chi connectivity index (χ1) is 17.1. The van der Waals surface area contributed by atoms with E-state index in [0.717, 1.165) is 92.4 Å². The van der Waals surface area contributed by atoms with E-state index in [1.54, 1.807) is 23.9 Å². The highest BCUT2D eigenvalue weighted by Gasteiger charge is 2.33. The van der Waals surface area contributed by atoms with Crippen LogP contribution in [0.5, 0.6) is 5.75 Å². The topological polar surface area (TPSA) is 118 Å². The summed E-state index contributed by atoms with van der Waals surface area (Å²) in [5, 5.41) is 4.39. The summed E-state index contributed by atoms with van der Waals surface area (Å²) in [6, 6.07) is 2.63. The van der Waals surface area contributed by atoms with Gasteiger partial charge in [0.15, 0.2) is 0 Å². The van der Waals surface area contributed by atoms with Crippen molar-refractivity contribution in [1.82, 2.24) is 19.9 Å². The molecule has 4 N–H and O–H groups in total. The molecule has 2 fully saturated rings. The number of pyridine rings is 1. The predicted octanol–water partition coefficient (Wildman–Crippen LogP) is 3.69. The SMILES string of the molecule is NC(=O)C[C@H]1CCc2sc3nc(Nc4cnc[nH]4)cc(O[C@H]4CC[C@H](N5CCOCC5)CC4)c3c21. The van der Waals surface area contributed by atoms with Crippen LogP contribution in [0.1, 0.15) is 54.9 Å². The maximum Gasteiger partial charge on any atom is 0.218 e. The number of carbonyl (C=O) groups excluding carboxylic acids is 1. The van der Waals surface area contributed by atoms with Crippen molar-refractivity contribution in [3.8, 4) is 5.75 Å². The number of amides is 1. The van der Waals surface area contributed by atoms with Crippen LogP contribution in [0.15, 0.2) is 18.6 Å². The Morgan fingerprint density at radius 1 is 1.26 bits per heavy atom. The number of imidazole rings is 1. The van der Waals surface area contributed by atoms with Gasteiger partial charge in [-0.3, -0.25) is 9.69 Å². The van der Waals surface area contributed by atoms with Gasteiger partial charge in [-0.2, -0.15) is 0 Å². The van der Waals surface area contributed by atoms with Gasteiger partial charge in [-0.1, -0.05) is 0 Å². The monoisotopic (exact) mass is 496 g/mol. The van der Waals surface area contributed by atoms with Crippen molar-refractivity contribution in [2.45, 2.75) is 63.0 Å². The molecule has 1 saturated heterocycles. The van der Waals surface area contributed by atoms with E-state index in [0.29, 0.717) is 12.5 Å². The minimum atomic E-state index is -0.253. The molecule has 0 aromatic carbocycles. The van der Waals surface area contributed by atoms with Gasteiger partial charge in [-0.05, 0) is 50.0 Å². The maximum atomic E-state index is 11.8. The van der Waals surface area contributed by atoms with Crippen molar-refractivity contribution in [3.05, 3.63) is 29.0 Å². The lowest BCUT2D eigenvalue weighted by Crippen LogP contribution is -2.46. The summed E-state index contributed by atoms with van der Waals surface area (Å²) in [5.74, 6) is 2.26. The van der Waals surface area contributed by atoms with Gasteiger partial charge in [0.05, 0.1) is 37.2 Å². The fourth-order valence-electron chi connectivity index (χ4n) is 5.92. The summed E-state index contributed by atoms with van der Waals surface area (Å²) in [6.07, 6.45) is 10.2. The number of aryl methyl sites for hydroxylation is 1. The molecule has 35 heavy (non-hydrogen) atoms. The van der Waals surface area contributed by atoms with E-state index in [1.165, 1.54) is 10.4 Å². The number of anilines is 2. The number of ether oxygens (including phenoxy) is 2. The fourth-order valence-corrected chi connectivity index (χ4v) is 7.20. The third-order valence-electron chi connectivity index (χ3n) is 7.58. The lowest BCUT2D eigenvalue weighted by Gasteiger charge is -2.38. The maximum absolute atomic E-state index is 11.8. The zero-order valence-electron chi connectivity index (χ0n) is 19.8. The normalized spacial score (nSPS) is 25.0. The van der Waals surface area contributed by atoms with Gasteiger partial charge in [0, 0.05) is 36.5 Å². The molecule has 4 heterocycles. The van der Waals surface area contributed by atoms with Crippen molar-refractivity contribution in [1.29, 1.82) is 0 Å². The van der Waals surface area contributed by atoms with Gasteiger partial charge in [0.2, 0.25) is 5.91 Å². The standard InChI is InChI=1S/C25H32N6O3S/c26-20(32)11-15-1-6-19-23(15)24-18(12-21(30-25(24)35-19)29-22-13-27-14-28-22)34-17-4-2-16(3-5-17)31-7-9-33-10-8-31/h12-17H,1-11H2,(H2,26,32)(H,27,28)(H,29,30)/t15-,16-,17-/m1/s1. The van der Waals surface area contributed by atoms with Crippen LogP contribution in [0.2, 0.25) is 0 Å². The highest BCUT2D eigenvalue weighted by Crippen LogP contribution is 2.49. The number of aromatic amines is 1. The Bertz CT molecular complexity index is 1180. The average Bonchev–Trinajstić information content (AvgIpc) is 3.58. The first-order valence-corrected chi connectivity index (χ1v) is 13.4. The van der Waals surface area contributed by atoms with Gasteiger partial charge in [0.1, 0.15) is 22.2 Å². The number of morpholine rings is 1. The number of rotatable bonds is 7. The van der Waals surface area contributed by atoms with E-state index >= 15 is 0 Å². The Morgan fingerprint density at radius 3 is 2.83 bits per heavy atom. The average molecular weight is 497 g/mol. The Labute approximate surface area is 208 Å². The summed E-state index contributed by atoms with van der Waals surface area (Å²) in [4.78, 5) is 28.7. The highest BCUT2D eigenvalue weighted by molar-refractivity contribution is 7.19. The van der Waals surface area contributed by atoms with Crippen molar-refractivity contribution in [3.63, 3.8) is 0 Å². The van der Waals surface area contributed by atoms with Crippen LogP contribution in [0.25, 0.3) is 10.2 Å². The molecule has 1 atom stereocenters. The lowest BCUT2D eigenvalue weighted by molar-refractivity contribution is -0.118. The van der Waals surface area contributed by atoms with Crippen molar-refractivity contribution < 1.29 is 14.3 Å². The second kappa shape index (κ2) is 9.75. The summed E-state index contributed by atoms with van der Waals surface area (Å²) in [7, 11) is 0. The molecule has 10 heteroatoms. The number of nitrogens with one attached hydrogen (secondary N) is 2. The number of thiophene rings is 1. The zero-order chi connectivity index (χ0) is 23.8. The molecule has 186 valence electrons. The summed E-state index contributed by atoms with van der Waals surface area (Å²) < 4.78 is 12.3. The number of nitrogens with zero attached hydrogens (tertiary/aromatic N) is 3. The summed E-state index contributed by atoms with van der Waals surface area (Å²) in [5.41, 5.74) is 6.81. The number of hydrogen-bond acceptors (Lipinski definition) is 8. The minimum Gasteiger partial charge on any atom is -0.490 e. The number of H-pyrrole nitrogens is 1. The van der Waals surface area contributed by atoms with Crippen LogP contribution >= 0.6 is 11.3 Å². The largest absolute Gasteiger partial charge is 0.490 e. The Kier molecular flexibility index (Phi) is 6.34. The number of hydrogen-bond donors (Lipinski definition) is 3. The molecule has 1 saturated carbocycles. The van der Waals surface area contributed by atoms with Gasteiger partial charge < -0.3 is 25.5 Å². The zero-order valence-corrected chi connectivity index (χ0v) is 20.6. The molecule has 3 aromatic rings. The third-order valence-corrected chi connectivity index (χ3v) is 8.73. The first kappa shape index (κ1) is 22.8. The summed E-state index contributed by atoms with van der Waals surface area (Å²) in [6.45, 7) is 3.75. The van der Waals surface area contributed by atoms with Crippen LogP contribution in [0.3, 0.4) is 0 Å². The minimum absolute atomic E-state index is 0.142. The molecule has 1 amide bonds. The molecule has 3 aromatic heterocycles. The Balaban J connectivity index is 1.28. The van der Waals surface area contributed by atoms with Gasteiger partial charge in [-0.15, -0.1) is 11.3 Å². The molecule has 0 unspecified atom stereocenters. The molecule has 0 bridgehead atoms. The molecule has 1 aliphatic heterocycles. The molecule has 2 aliphatic carbocycles. The molecule has 9 nitrogen and oxygen atoms in total. The predicted molar refractivity (Wildman–Crippen MR) is 135 cm³/mol. The first-order valence-electron chi connectivity index (χ1n) is 12.6. The van der Waals surface area contributed by atoms with Gasteiger partial charge in [0.25, 0.3) is 0 Å². The molecule has 0 spiro atoms. The Morgan fingerprint density at radius 2 is 2.09 bits per heavy atom. The second-order valence-electron chi connectivity index (χ2n) is 9.82. The van der Waals surface area contributed by atoms with Crippen LogP contribution in [0.4, 0.5) is 11.6 Å². The second-order valence-corrected chi connectivity index (χ2v) is 10.9. The van der Waals surface area contributed by atoms with Crippen LogP contribution in [-0.4, -0.2) is 64.2 Å². The van der Waals surface area contributed by atoms with E-state index in [-0.39, 0.29) is 17.9 Å². The fraction of sp³-hybridized carbons (Fsp3) is 0.560. The van der Waals surface area contributed by atoms with E-state index in [1.807, 2.05) is 6.07 Å². The van der Waals surface area contributed by atoms with Crippen molar-refractivity contribution >= 4 is 39.1 Å². The number of fused-ring (bicyclic) bond motifs is 3. The lowest BCUT2D eigenvalue weighted by atomic mass is 9.91. The molecule has 3 aliphatic rings. The van der Waals surface area contributed by atoms with Crippen molar-refractivity contribution in [2.75, 3.05) is 31.6 Å². The van der Waals surface area contributed by atoms with E-state index in [9.17, 15) is 4.79 Å². The summed E-state index contributed by atoms with van der Waals surface area (Å²) >= 11 is 1.71. The number of nitrogens with two attached hydrogens (primary N) is 1. The molecular formula is C25H32N6O3S. The third kappa shape index (κ3) is 4.74. The van der Waals surface area contributed by atoms with E-state index < -0.39 is 0 Å². The highest BCUT2D eigenvalue weighted by atomic mass is 32.1. The van der Waals surface area contributed by atoms with E-state index in [4.69, 9.17) is 20.2 Å². The molecule has 0 radical (unpaired) electrons. The van der Waals surface area contributed by atoms with Crippen LogP contribution in [0, 0.1) is 0 Å². The Hall–Kier alpha value is -2.69. The van der Waals surface area contributed by atoms with Crippen molar-refractivity contribution in [2.24, 2.45) is 5.73 Å². The number of aromatic nitrogens is 3. The van der Waals surface area contributed by atoms with Crippen LogP contribution < -0.4 is 15.8 Å². The van der Waals surface area contributed by atoms with Gasteiger partial charge >= 0.3 is 0 Å². The smallest absolute Gasteiger partial charge is 0.218 e. The number of primary amides is 1. The molecule has 6 rings (SSSR count). The molecular weight excluding hydrogens is 464 g/mol. The van der Waals surface area contributed by atoms with Gasteiger partial charge in [-0.25, -0.2) is 9.97 Å². The number of carbonyl (C=O) groups is 1. The van der Waals surface area contributed by atoms with E-state index in [2.05, 4.69) is 20.2 Å².